The molecule has 0 radical (unpaired) electrons. The third-order valence-electron chi connectivity index (χ3n) is 4.18. The number of aliphatic carboxylic acids is 1. The van der Waals surface area contributed by atoms with Gasteiger partial charge in [0.15, 0.2) is 5.78 Å². The Morgan fingerprint density at radius 1 is 1.16 bits per heavy atom. The summed E-state index contributed by atoms with van der Waals surface area (Å²) in [6.07, 6.45) is -4.51. The average molecular weight is 350 g/mol. The van der Waals surface area contributed by atoms with Gasteiger partial charge in [-0.3, -0.25) is 9.59 Å². The quantitative estimate of drug-likeness (QED) is 0.889. The lowest BCUT2D eigenvalue weighted by atomic mass is 9.94. The number of halogens is 3. The summed E-state index contributed by atoms with van der Waals surface area (Å²) in [4.78, 5) is 23.7. The van der Waals surface area contributed by atoms with Crippen molar-refractivity contribution in [2.75, 3.05) is 0 Å². The van der Waals surface area contributed by atoms with E-state index in [1.54, 1.807) is 0 Å². The molecule has 0 spiro atoms. The molecule has 1 aliphatic rings. The molecule has 0 saturated heterocycles. The molecule has 0 aliphatic carbocycles. The van der Waals surface area contributed by atoms with Gasteiger partial charge in [-0.25, -0.2) is 0 Å². The van der Waals surface area contributed by atoms with Crippen molar-refractivity contribution < 1.29 is 32.6 Å². The minimum absolute atomic E-state index is 0.142. The number of carboxylic acid groups (broad SMARTS) is 1. The topological polar surface area (TPSA) is 63.6 Å². The van der Waals surface area contributed by atoms with Crippen molar-refractivity contribution in [2.24, 2.45) is 0 Å². The van der Waals surface area contributed by atoms with Crippen LogP contribution in [-0.2, 0) is 17.6 Å². The van der Waals surface area contributed by atoms with E-state index in [0.29, 0.717) is 5.56 Å². The number of fused-ring (bicyclic) bond motifs is 2. The van der Waals surface area contributed by atoms with Gasteiger partial charge >= 0.3 is 12.1 Å². The van der Waals surface area contributed by atoms with Crippen molar-refractivity contribution in [3.8, 4) is 5.75 Å². The van der Waals surface area contributed by atoms with Crippen LogP contribution in [0.25, 0.3) is 0 Å². The Labute approximate surface area is 140 Å². The maximum atomic E-state index is 12.9. The largest absolute Gasteiger partial charge is 0.488 e. The number of rotatable bonds is 2. The van der Waals surface area contributed by atoms with Gasteiger partial charge in [0, 0.05) is 11.1 Å². The molecule has 1 N–H and O–H groups in total. The number of alkyl halides is 3. The molecule has 1 atom stereocenters. The van der Waals surface area contributed by atoms with Crippen LogP contribution in [0.15, 0.2) is 36.4 Å². The van der Waals surface area contributed by atoms with E-state index in [2.05, 4.69) is 0 Å². The van der Waals surface area contributed by atoms with E-state index < -0.39 is 29.4 Å². The van der Waals surface area contributed by atoms with Gasteiger partial charge in [0.1, 0.15) is 12.4 Å². The van der Waals surface area contributed by atoms with Crippen LogP contribution in [-0.4, -0.2) is 16.9 Å². The standard InChI is InChI=1S/C18H13F3O4/c1-9(17(23)24)10-2-4-14-15(7-10)25-8-11-6-12(18(19,20)21)3-5-13(11)16(14)22/h2-7,9H,8H2,1H3,(H,23,24). The molecule has 0 fully saturated rings. The Hall–Kier alpha value is -2.83. The number of carboxylic acids is 1. The number of benzene rings is 2. The van der Waals surface area contributed by atoms with E-state index in [9.17, 15) is 22.8 Å². The molecule has 1 aliphatic heterocycles. The summed E-state index contributed by atoms with van der Waals surface area (Å²) in [6, 6.07) is 7.31. The van der Waals surface area contributed by atoms with Crippen LogP contribution in [0, 0.1) is 0 Å². The van der Waals surface area contributed by atoms with Crippen LogP contribution in [0.5, 0.6) is 5.75 Å². The molecule has 130 valence electrons. The van der Waals surface area contributed by atoms with Crippen molar-refractivity contribution in [2.45, 2.75) is 25.6 Å². The first-order valence-corrected chi connectivity index (χ1v) is 7.43. The molecule has 2 aromatic rings. The minimum Gasteiger partial charge on any atom is -0.488 e. The summed E-state index contributed by atoms with van der Waals surface area (Å²) in [5, 5.41) is 9.08. The van der Waals surface area contributed by atoms with E-state index in [1.807, 2.05) is 0 Å². The van der Waals surface area contributed by atoms with Gasteiger partial charge in [-0.15, -0.1) is 0 Å². The first-order valence-electron chi connectivity index (χ1n) is 7.43. The van der Waals surface area contributed by atoms with Gasteiger partial charge in [-0.05, 0) is 36.8 Å². The zero-order valence-corrected chi connectivity index (χ0v) is 13.1. The number of hydrogen-bond acceptors (Lipinski definition) is 3. The smallest absolute Gasteiger partial charge is 0.416 e. The molecule has 2 aromatic carbocycles. The summed E-state index contributed by atoms with van der Waals surface area (Å²) in [7, 11) is 0. The Kier molecular flexibility index (Phi) is 4.02. The second kappa shape index (κ2) is 5.91. The van der Waals surface area contributed by atoms with Gasteiger partial charge in [-0.2, -0.15) is 13.2 Å². The number of ketones is 1. The molecular formula is C18H13F3O4. The molecule has 3 rings (SSSR count). The normalized spacial score (nSPS) is 14.8. The van der Waals surface area contributed by atoms with Crippen molar-refractivity contribution in [3.63, 3.8) is 0 Å². The maximum absolute atomic E-state index is 12.9. The second-order valence-corrected chi connectivity index (χ2v) is 5.80. The average Bonchev–Trinajstić information content (AvgIpc) is 2.70. The van der Waals surface area contributed by atoms with Crippen molar-refractivity contribution in [1.29, 1.82) is 0 Å². The van der Waals surface area contributed by atoms with E-state index in [-0.39, 0.29) is 29.0 Å². The van der Waals surface area contributed by atoms with Crippen LogP contribution >= 0.6 is 0 Å². The number of carbonyl (C=O) groups is 2. The molecule has 7 heteroatoms. The lowest BCUT2D eigenvalue weighted by molar-refractivity contribution is -0.138. The highest BCUT2D eigenvalue weighted by Gasteiger charge is 2.32. The molecule has 0 amide bonds. The van der Waals surface area contributed by atoms with Crippen molar-refractivity contribution in [1.82, 2.24) is 0 Å². The van der Waals surface area contributed by atoms with Crippen LogP contribution < -0.4 is 4.74 Å². The van der Waals surface area contributed by atoms with Crippen LogP contribution in [0.4, 0.5) is 13.2 Å². The Balaban J connectivity index is 2.03. The third-order valence-corrected chi connectivity index (χ3v) is 4.18. The number of ether oxygens (including phenoxy) is 1. The van der Waals surface area contributed by atoms with Gasteiger partial charge in [0.25, 0.3) is 0 Å². The molecular weight excluding hydrogens is 337 g/mol. The molecule has 4 nitrogen and oxygen atoms in total. The Morgan fingerprint density at radius 2 is 1.84 bits per heavy atom. The monoisotopic (exact) mass is 350 g/mol. The third kappa shape index (κ3) is 3.09. The van der Waals surface area contributed by atoms with Crippen molar-refractivity contribution in [3.05, 3.63) is 64.2 Å². The SMILES string of the molecule is CC(C(=O)O)c1ccc2c(c1)OCc1cc(C(F)(F)F)ccc1C2=O. The minimum atomic E-state index is -4.51. The highest BCUT2D eigenvalue weighted by Crippen LogP contribution is 2.35. The highest BCUT2D eigenvalue weighted by molar-refractivity contribution is 6.12. The number of carbonyl (C=O) groups excluding carboxylic acids is 1. The van der Waals surface area contributed by atoms with Gasteiger partial charge < -0.3 is 9.84 Å². The molecule has 0 saturated carbocycles. The second-order valence-electron chi connectivity index (χ2n) is 5.80. The van der Waals surface area contributed by atoms with Gasteiger partial charge in [0.2, 0.25) is 0 Å². The fourth-order valence-corrected chi connectivity index (χ4v) is 2.67. The molecule has 0 aromatic heterocycles. The predicted molar refractivity (Wildman–Crippen MR) is 81.7 cm³/mol. The lowest BCUT2D eigenvalue weighted by Gasteiger charge is -2.11. The van der Waals surface area contributed by atoms with Crippen LogP contribution in [0.1, 0.15) is 45.5 Å². The Bertz CT molecular complexity index is 871. The molecule has 25 heavy (non-hydrogen) atoms. The Morgan fingerprint density at radius 3 is 2.48 bits per heavy atom. The predicted octanol–water partition coefficient (Wildman–Crippen LogP) is 4.02. The van der Waals surface area contributed by atoms with Gasteiger partial charge in [0.05, 0.1) is 17.0 Å². The fraction of sp³-hybridized carbons (Fsp3) is 0.222. The zero-order valence-electron chi connectivity index (χ0n) is 13.1. The summed E-state index contributed by atoms with van der Waals surface area (Å²) in [5.74, 6) is -2.12. The van der Waals surface area contributed by atoms with Crippen LogP contribution in [0.3, 0.4) is 0 Å². The lowest BCUT2D eigenvalue weighted by Crippen LogP contribution is -2.09. The summed E-state index contributed by atoms with van der Waals surface area (Å²) < 4.78 is 44.1. The van der Waals surface area contributed by atoms with Crippen molar-refractivity contribution >= 4 is 11.8 Å². The van der Waals surface area contributed by atoms with Gasteiger partial charge in [-0.1, -0.05) is 12.1 Å². The summed E-state index contributed by atoms with van der Waals surface area (Å²) >= 11 is 0. The summed E-state index contributed by atoms with van der Waals surface area (Å²) in [6.45, 7) is 1.29. The molecule has 0 bridgehead atoms. The molecule has 1 unspecified atom stereocenters. The van der Waals surface area contributed by atoms with Crippen LogP contribution in [0.2, 0.25) is 0 Å². The first-order chi connectivity index (χ1) is 11.7. The van der Waals surface area contributed by atoms with E-state index in [1.165, 1.54) is 25.1 Å². The number of hydrogen-bond donors (Lipinski definition) is 1. The zero-order chi connectivity index (χ0) is 18.4. The van der Waals surface area contributed by atoms with E-state index in [4.69, 9.17) is 9.84 Å². The first kappa shape index (κ1) is 17.0. The fourth-order valence-electron chi connectivity index (χ4n) is 2.67. The van der Waals surface area contributed by atoms with E-state index >= 15 is 0 Å². The summed E-state index contributed by atoms with van der Waals surface area (Å²) in [5.41, 5.74) is 0.0734. The highest BCUT2D eigenvalue weighted by atomic mass is 19.4. The molecule has 1 heterocycles. The maximum Gasteiger partial charge on any atom is 0.416 e. The van der Waals surface area contributed by atoms with E-state index in [0.717, 1.165) is 18.2 Å².